The van der Waals surface area contributed by atoms with Crippen LogP contribution in [0.15, 0.2) is 66.7 Å². The van der Waals surface area contributed by atoms with Crippen LogP contribution < -0.4 is 5.32 Å². The van der Waals surface area contributed by atoms with Crippen LogP contribution in [0.5, 0.6) is 0 Å². The number of para-hydroxylation sites is 1. The predicted molar refractivity (Wildman–Crippen MR) is 138 cm³/mol. The molecule has 0 spiro atoms. The maximum Gasteiger partial charge on any atom is 0.325 e. The fraction of sp³-hybridized carbons (Fsp3) is 0.148. The van der Waals surface area contributed by atoms with Gasteiger partial charge in [0.1, 0.15) is 13.1 Å². The lowest BCUT2D eigenvalue weighted by atomic mass is 9.93. The molecule has 0 unspecified atom stereocenters. The van der Waals surface area contributed by atoms with Crippen LogP contribution in [-0.2, 0) is 14.3 Å². The predicted octanol–water partition coefficient (Wildman–Crippen LogP) is 4.98. The number of carbonyl (C=O) groups excluding carboxylic acids is 3. The molecule has 0 bridgehead atoms. The van der Waals surface area contributed by atoms with Crippen molar-refractivity contribution in [1.82, 2.24) is 15.2 Å². The second kappa shape index (κ2) is 9.68. The molecule has 1 aliphatic heterocycles. The number of H-pyrrole nitrogens is 1. The summed E-state index contributed by atoms with van der Waals surface area (Å²) < 4.78 is 4.59. The molecule has 2 heterocycles. The van der Waals surface area contributed by atoms with Gasteiger partial charge in [-0.3, -0.25) is 14.4 Å². The molecule has 0 radical (unpaired) electrons. The Kier molecular flexibility index (Phi) is 6.43. The van der Waals surface area contributed by atoms with Gasteiger partial charge in [-0.15, -0.1) is 0 Å². The number of amides is 2. The Balaban J connectivity index is 1.67. The van der Waals surface area contributed by atoms with Crippen molar-refractivity contribution in [1.29, 1.82) is 0 Å². The SMILES string of the molecule is COC(=O)CNC(=O)CN1C(=O)c2ccccc2[C@@H]1c1c(-c2ccc(Cl)cc2Cl)[nH]c2ccccc12. The minimum atomic E-state index is -0.577. The number of carbonyl (C=O) groups is 3. The smallest absolute Gasteiger partial charge is 0.325 e. The highest BCUT2D eigenvalue weighted by atomic mass is 35.5. The average Bonchev–Trinajstić information content (AvgIpc) is 3.37. The fourth-order valence-electron chi connectivity index (χ4n) is 4.65. The second-order valence-corrected chi connectivity index (χ2v) is 9.20. The average molecular weight is 522 g/mol. The Morgan fingerprint density at radius 1 is 1.03 bits per heavy atom. The number of hydrogen-bond acceptors (Lipinski definition) is 4. The zero-order valence-corrected chi connectivity index (χ0v) is 20.7. The quantitative estimate of drug-likeness (QED) is 0.350. The van der Waals surface area contributed by atoms with E-state index in [1.54, 1.807) is 24.3 Å². The molecule has 0 aliphatic carbocycles. The van der Waals surface area contributed by atoms with E-state index in [1.165, 1.54) is 12.0 Å². The molecule has 9 heteroatoms. The highest BCUT2D eigenvalue weighted by Crippen LogP contribution is 2.46. The molecule has 2 amide bonds. The van der Waals surface area contributed by atoms with Crippen LogP contribution >= 0.6 is 23.2 Å². The first-order chi connectivity index (χ1) is 17.4. The summed E-state index contributed by atoms with van der Waals surface area (Å²) in [5, 5.41) is 4.38. The molecule has 182 valence electrons. The van der Waals surface area contributed by atoms with Gasteiger partial charge in [0.15, 0.2) is 0 Å². The number of nitrogens with one attached hydrogen (secondary N) is 2. The Labute approximate surface area is 216 Å². The van der Waals surface area contributed by atoms with Gasteiger partial charge in [-0.25, -0.2) is 0 Å². The van der Waals surface area contributed by atoms with Crippen molar-refractivity contribution in [3.05, 3.63) is 93.5 Å². The van der Waals surface area contributed by atoms with E-state index in [9.17, 15) is 14.4 Å². The molecule has 1 aromatic heterocycles. The molecule has 5 rings (SSSR count). The lowest BCUT2D eigenvalue weighted by molar-refractivity contribution is -0.141. The van der Waals surface area contributed by atoms with Gasteiger partial charge >= 0.3 is 5.97 Å². The topological polar surface area (TPSA) is 91.5 Å². The lowest BCUT2D eigenvalue weighted by Crippen LogP contribution is -2.41. The van der Waals surface area contributed by atoms with Crippen LogP contribution in [0.25, 0.3) is 22.2 Å². The minimum Gasteiger partial charge on any atom is -0.468 e. The summed E-state index contributed by atoms with van der Waals surface area (Å²) in [6, 6.07) is 19.7. The Morgan fingerprint density at radius 2 is 1.78 bits per heavy atom. The van der Waals surface area contributed by atoms with Crippen molar-refractivity contribution in [2.45, 2.75) is 6.04 Å². The molecule has 4 aromatic rings. The fourth-order valence-corrected chi connectivity index (χ4v) is 5.15. The van der Waals surface area contributed by atoms with Gasteiger partial charge < -0.3 is 19.9 Å². The third-order valence-corrected chi connectivity index (χ3v) is 6.80. The zero-order chi connectivity index (χ0) is 25.4. The number of rotatable bonds is 6. The summed E-state index contributed by atoms with van der Waals surface area (Å²) >= 11 is 12.8. The third kappa shape index (κ3) is 4.21. The Bertz CT molecular complexity index is 1510. The molecule has 36 heavy (non-hydrogen) atoms. The first-order valence-electron chi connectivity index (χ1n) is 11.2. The van der Waals surface area contributed by atoms with E-state index in [1.807, 2.05) is 42.5 Å². The van der Waals surface area contributed by atoms with E-state index in [4.69, 9.17) is 23.2 Å². The van der Waals surface area contributed by atoms with Gasteiger partial charge in [-0.2, -0.15) is 0 Å². The summed E-state index contributed by atoms with van der Waals surface area (Å²) in [5.74, 6) is -1.33. The van der Waals surface area contributed by atoms with E-state index >= 15 is 0 Å². The van der Waals surface area contributed by atoms with Crippen LogP contribution in [0, 0.1) is 0 Å². The van der Waals surface area contributed by atoms with Gasteiger partial charge in [0, 0.05) is 32.6 Å². The van der Waals surface area contributed by atoms with E-state index in [0.29, 0.717) is 15.6 Å². The van der Waals surface area contributed by atoms with Crippen LogP contribution in [0.2, 0.25) is 10.0 Å². The molecular weight excluding hydrogens is 501 g/mol. The van der Waals surface area contributed by atoms with E-state index in [0.717, 1.165) is 33.3 Å². The Hall–Kier alpha value is -3.81. The number of ether oxygens (including phenoxy) is 1. The number of fused-ring (bicyclic) bond motifs is 2. The molecule has 1 aliphatic rings. The monoisotopic (exact) mass is 521 g/mol. The van der Waals surface area contributed by atoms with Crippen LogP contribution in [0.3, 0.4) is 0 Å². The molecule has 7 nitrogen and oxygen atoms in total. The maximum absolute atomic E-state index is 13.5. The lowest BCUT2D eigenvalue weighted by Gasteiger charge is -2.26. The summed E-state index contributed by atoms with van der Waals surface area (Å²) in [6.07, 6.45) is 0. The van der Waals surface area contributed by atoms with E-state index in [2.05, 4.69) is 15.0 Å². The van der Waals surface area contributed by atoms with Gasteiger partial charge in [0.05, 0.1) is 23.9 Å². The van der Waals surface area contributed by atoms with Crippen molar-refractivity contribution in [3.63, 3.8) is 0 Å². The van der Waals surface area contributed by atoms with Crippen molar-refractivity contribution in [3.8, 4) is 11.3 Å². The van der Waals surface area contributed by atoms with Crippen LogP contribution in [0.4, 0.5) is 0 Å². The van der Waals surface area contributed by atoms with Crippen molar-refractivity contribution < 1.29 is 19.1 Å². The number of hydrogen-bond donors (Lipinski definition) is 2. The zero-order valence-electron chi connectivity index (χ0n) is 19.2. The first-order valence-corrected chi connectivity index (χ1v) is 11.9. The summed E-state index contributed by atoms with van der Waals surface area (Å²) in [5.41, 5.74) is 4.42. The van der Waals surface area contributed by atoms with Gasteiger partial charge in [0.2, 0.25) is 5.91 Å². The standard InChI is InChI=1S/C27H21Cl2N3O4/c1-36-23(34)13-30-22(33)14-32-26(16-6-2-3-7-17(16)27(32)35)24-19-8-4-5-9-21(19)31-25(24)18-11-10-15(28)12-20(18)29/h2-12,26,31H,13-14H2,1H3,(H,30,33)/t26-/m1/s1. The number of benzene rings is 3. The molecule has 3 aromatic carbocycles. The normalized spacial score (nSPS) is 14.7. The molecular formula is C27H21Cl2N3O4. The maximum atomic E-state index is 13.5. The van der Waals surface area contributed by atoms with Crippen molar-refractivity contribution in [2.24, 2.45) is 0 Å². The van der Waals surface area contributed by atoms with E-state index < -0.39 is 17.9 Å². The van der Waals surface area contributed by atoms with Gasteiger partial charge in [-0.05, 0) is 35.9 Å². The molecule has 0 fully saturated rings. The summed E-state index contributed by atoms with van der Waals surface area (Å²) in [6.45, 7) is -0.532. The van der Waals surface area contributed by atoms with Crippen molar-refractivity contribution >= 4 is 51.9 Å². The molecule has 0 saturated heterocycles. The number of aromatic nitrogens is 1. The molecule has 2 N–H and O–H groups in total. The van der Waals surface area contributed by atoms with Crippen LogP contribution in [0.1, 0.15) is 27.5 Å². The summed E-state index contributed by atoms with van der Waals surface area (Å²) in [4.78, 5) is 42.8. The third-order valence-electron chi connectivity index (χ3n) is 6.25. The highest BCUT2D eigenvalue weighted by Gasteiger charge is 2.41. The number of methoxy groups -OCH3 is 1. The van der Waals surface area contributed by atoms with Gasteiger partial charge in [0.25, 0.3) is 5.91 Å². The highest BCUT2D eigenvalue weighted by molar-refractivity contribution is 6.36. The molecule has 1 atom stereocenters. The number of aromatic amines is 1. The van der Waals surface area contributed by atoms with Crippen LogP contribution in [-0.4, -0.2) is 47.9 Å². The number of esters is 1. The van der Waals surface area contributed by atoms with Gasteiger partial charge in [-0.1, -0.05) is 59.6 Å². The second-order valence-electron chi connectivity index (χ2n) is 8.36. The molecule has 0 saturated carbocycles. The largest absolute Gasteiger partial charge is 0.468 e. The summed E-state index contributed by atoms with van der Waals surface area (Å²) in [7, 11) is 1.24. The number of halogens is 2. The number of nitrogens with zero attached hydrogens (tertiary/aromatic N) is 1. The first kappa shape index (κ1) is 23.9. The van der Waals surface area contributed by atoms with Crippen molar-refractivity contribution in [2.75, 3.05) is 20.2 Å². The van der Waals surface area contributed by atoms with E-state index in [-0.39, 0.29) is 19.0 Å². The minimum absolute atomic E-state index is 0.248. The Morgan fingerprint density at radius 3 is 2.56 bits per heavy atom.